The van der Waals surface area contributed by atoms with E-state index in [0.717, 1.165) is 36.2 Å². The highest BCUT2D eigenvalue weighted by Crippen LogP contribution is 2.35. The number of nitrogens with zero attached hydrogens (tertiary/aromatic N) is 3. The number of aromatic nitrogens is 3. The van der Waals surface area contributed by atoms with Gasteiger partial charge in [0.25, 0.3) is 0 Å². The maximum absolute atomic E-state index is 5.91. The molecule has 19 heavy (non-hydrogen) atoms. The van der Waals surface area contributed by atoms with Gasteiger partial charge in [0.1, 0.15) is 0 Å². The largest absolute Gasteiger partial charge is 0.338 e. The number of anilines is 1. The molecule has 5 nitrogen and oxygen atoms in total. The van der Waals surface area contributed by atoms with Crippen LogP contribution in [0.5, 0.6) is 0 Å². The highest BCUT2D eigenvalue weighted by molar-refractivity contribution is 7.28. The second-order valence-corrected chi connectivity index (χ2v) is 6.77. The van der Waals surface area contributed by atoms with Gasteiger partial charge < -0.3 is 10.6 Å². The van der Waals surface area contributed by atoms with Gasteiger partial charge in [0.05, 0.1) is 4.88 Å². The molecule has 1 aliphatic rings. The molecule has 1 unspecified atom stereocenters. The van der Waals surface area contributed by atoms with Crippen molar-refractivity contribution in [2.75, 3.05) is 18.0 Å². The number of rotatable bonds is 2. The minimum atomic E-state index is 0.244. The Morgan fingerprint density at radius 3 is 3.16 bits per heavy atom. The molecule has 1 fully saturated rings. The van der Waals surface area contributed by atoms with Crippen LogP contribution in [-0.4, -0.2) is 34.3 Å². The van der Waals surface area contributed by atoms with Crippen molar-refractivity contribution >= 4 is 38.0 Å². The summed E-state index contributed by atoms with van der Waals surface area (Å²) in [6, 6.07) is 4.56. The van der Waals surface area contributed by atoms with Gasteiger partial charge >= 0.3 is 0 Å². The SMILES string of the molecule is NC1CCN(c2n[nH]c(-c3cc4sccc4s3)n2)C1. The quantitative estimate of drug-likeness (QED) is 0.760. The lowest BCUT2D eigenvalue weighted by Crippen LogP contribution is -2.26. The van der Waals surface area contributed by atoms with Gasteiger partial charge in [-0.1, -0.05) is 0 Å². The second kappa shape index (κ2) is 4.29. The molecule has 0 saturated carbocycles. The average Bonchev–Trinajstić information content (AvgIpc) is 3.10. The van der Waals surface area contributed by atoms with E-state index in [9.17, 15) is 0 Å². The molecule has 0 aliphatic carbocycles. The van der Waals surface area contributed by atoms with Crippen LogP contribution in [0.3, 0.4) is 0 Å². The lowest BCUT2D eigenvalue weighted by atomic mass is 10.3. The van der Waals surface area contributed by atoms with E-state index in [1.807, 2.05) is 0 Å². The Labute approximate surface area is 118 Å². The minimum absolute atomic E-state index is 0.244. The van der Waals surface area contributed by atoms with Gasteiger partial charge in [0.2, 0.25) is 5.95 Å². The van der Waals surface area contributed by atoms with E-state index in [1.54, 1.807) is 22.7 Å². The summed E-state index contributed by atoms with van der Waals surface area (Å²) < 4.78 is 2.61. The van der Waals surface area contributed by atoms with E-state index in [4.69, 9.17) is 5.73 Å². The van der Waals surface area contributed by atoms with Crippen LogP contribution < -0.4 is 10.6 Å². The van der Waals surface area contributed by atoms with Crippen molar-refractivity contribution in [3.63, 3.8) is 0 Å². The van der Waals surface area contributed by atoms with Crippen LogP contribution in [-0.2, 0) is 0 Å². The molecular weight excluding hydrogens is 278 g/mol. The van der Waals surface area contributed by atoms with Crippen molar-refractivity contribution in [2.45, 2.75) is 12.5 Å². The fourth-order valence-electron chi connectivity index (χ4n) is 2.36. The van der Waals surface area contributed by atoms with Crippen LogP contribution in [0.25, 0.3) is 20.1 Å². The predicted molar refractivity (Wildman–Crippen MR) is 79.9 cm³/mol. The number of hydrogen-bond acceptors (Lipinski definition) is 6. The zero-order chi connectivity index (χ0) is 12.8. The van der Waals surface area contributed by atoms with Crippen LogP contribution in [0.15, 0.2) is 17.5 Å². The fourth-order valence-corrected chi connectivity index (χ4v) is 4.40. The van der Waals surface area contributed by atoms with Crippen molar-refractivity contribution in [1.82, 2.24) is 15.2 Å². The van der Waals surface area contributed by atoms with E-state index in [1.165, 1.54) is 9.40 Å². The van der Waals surface area contributed by atoms with Crippen LogP contribution in [0.4, 0.5) is 5.95 Å². The molecule has 4 rings (SSSR count). The van der Waals surface area contributed by atoms with Gasteiger partial charge in [-0.2, -0.15) is 4.98 Å². The highest BCUT2D eigenvalue weighted by Gasteiger charge is 2.22. The van der Waals surface area contributed by atoms with E-state index in [0.29, 0.717) is 0 Å². The minimum Gasteiger partial charge on any atom is -0.338 e. The molecule has 98 valence electrons. The number of thiophene rings is 2. The summed E-state index contributed by atoms with van der Waals surface area (Å²) in [4.78, 5) is 7.87. The molecule has 0 bridgehead atoms. The first-order valence-corrected chi connectivity index (χ1v) is 7.89. The first-order valence-electron chi connectivity index (χ1n) is 6.20. The Hall–Kier alpha value is -1.44. The number of aromatic amines is 1. The van der Waals surface area contributed by atoms with Gasteiger partial charge in [-0.25, -0.2) is 0 Å². The van der Waals surface area contributed by atoms with Crippen molar-refractivity contribution in [3.05, 3.63) is 17.5 Å². The molecule has 0 spiro atoms. The number of nitrogens with one attached hydrogen (secondary N) is 1. The van der Waals surface area contributed by atoms with Crippen molar-refractivity contribution in [2.24, 2.45) is 5.73 Å². The maximum atomic E-state index is 5.91. The molecule has 0 aromatic carbocycles. The number of fused-ring (bicyclic) bond motifs is 1. The topological polar surface area (TPSA) is 70.8 Å². The summed E-state index contributed by atoms with van der Waals surface area (Å²) in [5.41, 5.74) is 5.91. The summed E-state index contributed by atoms with van der Waals surface area (Å²) in [7, 11) is 0. The standard InChI is InChI=1S/C12H13N5S2/c13-7-1-3-17(6-7)12-14-11(15-16-12)10-5-9-8(19-10)2-4-18-9/h2,4-5,7H,1,3,6,13H2,(H,14,15,16). The van der Waals surface area contributed by atoms with E-state index in [2.05, 4.69) is 37.6 Å². The molecule has 0 amide bonds. The van der Waals surface area contributed by atoms with Gasteiger partial charge in [-0.05, 0) is 23.9 Å². The van der Waals surface area contributed by atoms with Gasteiger partial charge in [0.15, 0.2) is 5.82 Å². The smallest absolute Gasteiger partial charge is 0.245 e. The van der Waals surface area contributed by atoms with Crippen LogP contribution >= 0.6 is 22.7 Å². The molecule has 3 aromatic rings. The zero-order valence-electron chi connectivity index (χ0n) is 10.2. The van der Waals surface area contributed by atoms with Crippen LogP contribution in [0.2, 0.25) is 0 Å². The second-order valence-electron chi connectivity index (χ2n) is 4.74. The van der Waals surface area contributed by atoms with Crippen molar-refractivity contribution in [1.29, 1.82) is 0 Å². The van der Waals surface area contributed by atoms with Gasteiger partial charge in [-0.3, -0.25) is 5.10 Å². The molecule has 1 saturated heterocycles. The molecule has 3 N–H and O–H groups in total. The first kappa shape index (κ1) is 11.4. The maximum Gasteiger partial charge on any atom is 0.245 e. The number of hydrogen-bond donors (Lipinski definition) is 2. The number of H-pyrrole nitrogens is 1. The third kappa shape index (κ3) is 1.94. The van der Waals surface area contributed by atoms with Gasteiger partial charge in [-0.15, -0.1) is 27.8 Å². The Bertz CT molecular complexity index is 684. The predicted octanol–water partition coefficient (Wildman–Crippen LogP) is 2.29. The lowest BCUT2D eigenvalue weighted by Gasteiger charge is -2.11. The van der Waals surface area contributed by atoms with Crippen molar-refractivity contribution in [3.8, 4) is 10.7 Å². The number of nitrogens with two attached hydrogens (primary N) is 1. The monoisotopic (exact) mass is 291 g/mol. The Kier molecular flexibility index (Phi) is 2.57. The summed E-state index contributed by atoms with van der Waals surface area (Å²) >= 11 is 3.50. The first-order chi connectivity index (χ1) is 9.29. The van der Waals surface area contributed by atoms with E-state index < -0.39 is 0 Å². The molecular formula is C12H13N5S2. The normalized spacial score (nSPS) is 19.6. The Morgan fingerprint density at radius 1 is 1.42 bits per heavy atom. The summed E-state index contributed by atoms with van der Waals surface area (Å²) in [5.74, 6) is 1.61. The average molecular weight is 291 g/mol. The molecule has 0 radical (unpaired) electrons. The van der Waals surface area contributed by atoms with E-state index in [-0.39, 0.29) is 6.04 Å². The highest BCUT2D eigenvalue weighted by atomic mass is 32.1. The van der Waals surface area contributed by atoms with E-state index >= 15 is 0 Å². The summed E-state index contributed by atoms with van der Waals surface area (Å²) in [6.07, 6.45) is 1.01. The van der Waals surface area contributed by atoms with Crippen molar-refractivity contribution < 1.29 is 0 Å². The third-order valence-electron chi connectivity index (χ3n) is 3.35. The third-order valence-corrected chi connectivity index (χ3v) is 5.45. The van der Waals surface area contributed by atoms with Gasteiger partial charge in [0, 0.05) is 28.5 Å². The summed E-state index contributed by atoms with van der Waals surface area (Å²) in [6.45, 7) is 1.79. The lowest BCUT2D eigenvalue weighted by molar-refractivity contribution is 0.750. The molecule has 1 aliphatic heterocycles. The molecule has 3 aromatic heterocycles. The summed E-state index contributed by atoms with van der Waals surface area (Å²) in [5, 5.41) is 9.46. The fraction of sp³-hybridized carbons (Fsp3) is 0.333. The van der Waals surface area contributed by atoms with Crippen LogP contribution in [0.1, 0.15) is 6.42 Å². The Morgan fingerprint density at radius 2 is 2.37 bits per heavy atom. The Balaban J connectivity index is 1.65. The molecule has 7 heteroatoms. The molecule has 1 atom stereocenters. The molecule has 4 heterocycles. The zero-order valence-corrected chi connectivity index (χ0v) is 11.8. The van der Waals surface area contributed by atoms with Crippen LogP contribution in [0, 0.1) is 0 Å².